The standard InChI is InChI=1S/C6H2F3IN/c7-6(8,9)4-1-2-11-3-5(4)10/h1,3H. The van der Waals surface area contributed by atoms with E-state index in [2.05, 4.69) is 11.2 Å². The molecule has 0 unspecified atom stereocenters. The maximum Gasteiger partial charge on any atom is 0.417 e. The summed E-state index contributed by atoms with van der Waals surface area (Å²) < 4.78 is 36.1. The second-order valence-electron chi connectivity index (χ2n) is 1.79. The summed E-state index contributed by atoms with van der Waals surface area (Å²) in [5.41, 5.74) is -0.687. The summed E-state index contributed by atoms with van der Waals surface area (Å²) in [4.78, 5) is 3.43. The van der Waals surface area contributed by atoms with Gasteiger partial charge in [-0.3, -0.25) is 4.98 Å². The molecule has 0 saturated heterocycles. The lowest BCUT2D eigenvalue weighted by molar-refractivity contribution is -0.138. The zero-order valence-electron chi connectivity index (χ0n) is 5.11. The van der Waals surface area contributed by atoms with Crippen molar-refractivity contribution in [3.8, 4) is 0 Å². The van der Waals surface area contributed by atoms with E-state index in [-0.39, 0.29) is 3.57 Å². The lowest BCUT2D eigenvalue weighted by Gasteiger charge is -2.06. The molecule has 0 atom stereocenters. The Kier molecular flexibility index (Phi) is 2.36. The predicted octanol–water partition coefficient (Wildman–Crippen LogP) is 2.51. The Morgan fingerprint density at radius 2 is 2.09 bits per heavy atom. The highest BCUT2D eigenvalue weighted by Gasteiger charge is 2.32. The molecule has 1 radical (unpaired) electrons. The molecular weight excluding hydrogens is 270 g/mol. The molecule has 0 aliphatic carbocycles. The smallest absolute Gasteiger partial charge is 0.253 e. The summed E-state index contributed by atoms with van der Waals surface area (Å²) in [6.45, 7) is 0. The normalized spacial score (nSPS) is 11.6. The molecule has 0 bridgehead atoms. The molecular formula is C6H2F3IN. The lowest BCUT2D eigenvalue weighted by atomic mass is 10.3. The van der Waals surface area contributed by atoms with E-state index in [9.17, 15) is 13.2 Å². The molecule has 0 fully saturated rings. The van der Waals surface area contributed by atoms with E-state index in [0.717, 1.165) is 12.3 Å². The summed E-state index contributed by atoms with van der Waals surface area (Å²) in [7, 11) is 0. The van der Waals surface area contributed by atoms with Crippen molar-refractivity contribution >= 4 is 22.6 Å². The topological polar surface area (TPSA) is 12.9 Å². The van der Waals surface area contributed by atoms with Crippen LogP contribution in [0, 0.1) is 9.77 Å². The molecule has 1 rings (SSSR count). The van der Waals surface area contributed by atoms with Crippen LogP contribution in [0.4, 0.5) is 13.2 Å². The van der Waals surface area contributed by atoms with Crippen LogP contribution in [-0.4, -0.2) is 4.98 Å². The van der Waals surface area contributed by atoms with E-state index in [0.29, 0.717) is 0 Å². The minimum atomic E-state index is -4.30. The molecule has 59 valence electrons. The highest BCUT2D eigenvalue weighted by atomic mass is 127. The summed E-state index contributed by atoms with van der Waals surface area (Å²) in [5.74, 6) is 0. The van der Waals surface area contributed by atoms with Gasteiger partial charge < -0.3 is 0 Å². The molecule has 1 nitrogen and oxygen atoms in total. The first-order valence-electron chi connectivity index (χ1n) is 2.60. The van der Waals surface area contributed by atoms with Crippen LogP contribution in [0.5, 0.6) is 0 Å². The minimum Gasteiger partial charge on any atom is -0.253 e. The van der Waals surface area contributed by atoms with Gasteiger partial charge in [0, 0.05) is 9.77 Å². The summed E-state index contributed by atoms with van der Waals surface area (Å²) in [6, 6.07) is 0.835. The van der Waals surface area contributed by atoms with Gasteiger partial charge in [0.25, 0.3) is 0 Å². The summed E-state index contributed by atoms with van der Waals surface area (Å²) >= 11 is 1.58. The van der Waals surface area contributed by atoms with E-state index >= 15 is 0 Å². The van der Waals surface area contributed by atoms with Crippen molar-refractivity contribution < 1.29 is 13.2 Å². The molecule has 0 amide bonds. The van der Waals surface area contributed by atoms with Crippen LogP contribution in [0.3, 0.4) is 0 Å². The summed E-state index contributed by atoms with van der Waals surface area (Å²) in [5, 5.41) is 0. The fourth-order valence-corrected chi connectivity index (χ4v) is 1.15. The van der Waals surface area contributed by atoms with Crippen molar-refractivity contribution in [2.45, 2.75) is 6.18 Å². The molecule has 1 aromatic heterocycles. The van der Waals surface area contributed by atoms with Crippen molar-refractivity contribution in [1.82, 2.24) is 4.98 Å². The van der Waals surface area contributed by atoms with E-state index in [4.69, 9.17) is 0 Å². The highest BCUT2D eigenvalue weighted by molar-refractivity contribution is 14.1. The maximum absolute atomic E-state index is 12.0. The Balaban J connectivity index is 3.14. The third kappa shape index (κ3) is 2.05. The number of halogens is 4. The van der Waals surface area contributed by atoms with Gasteiger partial charge in [0.1, 0.15) is 0 Å². The average Bonchev–Trinajstić information content (AvgIpc) is 1.86. The molecule has 11 heavy (non-hydrogen) atoms. The second kappa shape index (κ2) is 2.96. The fourth-order valence-electron chi connectivity index (χ4n) is 0.551. The largest absolute Gasteiger partial charge is 0.417 e. The molecule has 0 aromatic carbocycles. The van der Waals surface area contributed by atoms with Crippen LogP contribution < -0.4 is 0 Å². The number of pyridine rings is 1. The van der Waals surface area contributed by atoms with Crippen LogP contribution in [0.25, 0.3) is 0 Å². The van der Waals surface area contributed by atoms with E-state index in [1.165, 1.54) is 0 Å². The number of hydrogen-bond acceptors (Lipinski definition) is 1. The first kappa shape index (κ1) is 8.76. The van der Waals surface area contributed by atoms with Crippen LogP contribution in [-0.2, 0) is 6.18 Å². The van der Waals surface area contributed by atoms with Crippen molar-refractivity contribution in [3.05, 3.63) is 27.6 Å². The lowest BCUT2D eigenvalue weighted by Crippen LogP contribution is -2.07. The Morgan fingerprint density at radius 3 is 2.45 bits per heavy atom. The third-order valence-corrected chi connectivity index (χ3v) is 1.88. The van der Waals surface area contributed by atoms with E-state index < -0.39 is 11.7 Å². The van der Waals surface area contributed by atoms with Gasteiger partial charge in [-0.1, -0.05) is 0 Å². The van der Waals surface area contributed by atoms with Crippen LogP contribution in [0.1, 0.15) is 5.56 Å². The zero-order chi connectivity index (χ0) is 8.48. The quantitative estimate of drug-likeness (QED) is 0.661. The Bertz CT molecular complexity index is 258. The molecule has 0 aliphatic rings. The number of rotatable bonds is 0. The highest BCUT2D eigenvalue weighted by Crippen LogP contribution is 2.31. The van der Waals surface area contributed by atoms with Crippen LogP contribution in [0.15, 0.2) is 12.3 Å². The van der Waals surface area contributed by atoms with Gasteiger partial charge in [-0.25, -0.2) is 0 Å². The first-order valence-corrected chi connectivity index (χ1v) is 3.68. The third-order valence-electron chi connectivity index (χ3n) is 1.02. The van der Waals surface area contributed by atoms with Gasteiger partial charge in [-0.2, -0.15) is 13.2 Å². The number of hydrogen-bond donors (Lipinski definition) is 0. The van der Waals surface area contributed by atoms with Gasteiger partial charge in [0.15, 0.2) is 0 Å². The predicted molar refractivity (Wildman–Crippen MR) is 40.8 cm³/mol. The SMILES string of the molecule is FC(F)(F)c1c[c]ncc1I. The van der Waals surface area contributed by atoms with E-state index in [1.807, 2.05) is 0 Å². The number of nitrogens with zero attached hydrogens (tertiary/aromatic N) is 1. The average molecular weight is 272 g/mol. The second-order valence-corrected chi connectivity index (χ2v) is 2.95. The number of alkyl halides is 3. The van der Waals surface area contributed by atoms with Gasteiger partial charge in [0.2, 0.25) is 0 Å². The Labute approximate surface area is 74.8 Å². The molecule has 0 aliphatic heterocycles. The van der Waals surface area contributed by atoms with Gasteiger partial charge in [0.05, 0.1) is 11.8 Å². The van der Waals surface area contributed by atoms with Crippen LogP contribution >= 0.6 is 22.6 Å². The summed E-state index contributed by atoms with van der Waals surface area (Å²) in [6.07, 6.45) is -1.03. The van der Waals surface area contributed by atoms with Crippen LogP contribution in [0.2, 0.25) is 0 Å². The van der Waals surface area contributed by atoms with Gasteiger partial charge >= 0.3 is 6.18 Å². The Morgan fingerprint density at radius 1 is 1.45 bits per heavy atom. The van der Waals surface area contributed by atoms with Crippen molar-refractivity contribution in [2.75, 3.05) is 0 Å². The Hall–Kier alpha value is -0.330. The van der Waals surface area contributed by atoms with E-state index in [1.54, 1.807) is 22.6 Å². The molecule has 0 spiro atoms. The molecule has 0 N–H and O–H groups in total. The molecule has 1 heterocycles. The fraction of sp³-hybridized carbons (Fsp3) is 0.167. The zero-order valence-corrected chi connectivity index (χ0v) is 7.27. The van der Waals surface area contributed by atoms with Gasteiger partial charge in [-0.05, 0) is 28.7 Å². The van der Waals surface area contributed by atoms with Crippen molar-refractivity contribution in [2.24, 2.45) is 0 Å². The first-order chi connectivity index (χ1) is 5.02. The maximum atomic E-state index is 12.0. The molecule has 5 heteroatoms. The van der Waals surface area contributed by atoms with Gasteiger partial charge in [-0.15, -0.1) is 0 Å². The molecule has 0 saturated carbocycles. The van der Waals surface area contributed by atoms with Crippen molar-refractivity contribution in [3.63, 3.8) is 0 Å². The minimum absolute atomic E-state index is 0.0915. The van der Waals surface area contributed by atoms with Crippen molar-refractivity contribution in [1.29, 1.82) is 0 Å². The number of aromatic nitrogens is 1. The monoisotopic (exact) mass is 272 g/mol. The molecule has 1 aromatic rings.